The Labute approximate surface area is 101 Å². The van der Waals surface area contributed by atoms with E-state index in [2.05, 4.69) is 15.0 Å². The number of ether oxygens (including phenoxy) is 1. The largest absolute Gasteiger partial charge is 0.463 e. The Morgan fingerprint density at radius 3 is 3.00 bits per heavy atom. The summed E-state index contributed by atoms with van der Waals surface area (Å²) >= 11 is 5.76. The molecule has 0 saturated heterocycles. The van der Waals surface area contributed by atoms with E-state index in [1.54, 1.807) is 0 Å². The Morgan fingerprint density at radius 1 is 1.65 bits per heavy atom. The number of carbonyl (C=O) groups is 2. The van der Waals surface area contributed by atoms with Crippen molar-refractivity contribution in [2.75, 3.05) is 19.0 Å². The van der Waals surface area contributed by atoms with Gasteiger partial charge in [0.2, 0.25) is 5.78 Å². The molecule has 0 radical (unpaired) electrons. The molecule has 2 heterocycles. The fraction of sp³-hybridized carbons (Fsp3) is 0.300. The second kappa shape index (κ2) is 4.29. The standard InChI is InChI=1S/C10H8ClFN2O3/c1-17-10(16)8(15)4-2-13-7-6(4)5(12)3-14-9(7)11/h3-4,13H,2H2,1H3. The number of rotatable bonds is 2. The molecule has 1 aromatic heterocycles. The third-order valence-electron chi connectivity index (χ3n) is 2.56. The van der Waals surface area contributed by atoms with Crippen molar-refractivity contribution in [1.82, 2.24) is 4.98 Å². The van der Waals surface area contributed by atoms with Crippen LogP contribution in [-0.2, 0) is 14.3 Å². The molecule has 1 unspecified atom stereocenters. The van der Waals surface area contributed by atoms with Crippen LogP contribution in [0.4, 0.5) is 10.1 Å². The number of nitrogens with zero attached hydrogens (tertiary/aromatic N) is 1. The molecule has 0 bridgehead atoms. The van der Waals surface area contributed by atoms with Crippen molar-refractivity contribution in [3.63, 3.8) is 0 Å². The highest BCUT2D eigenvalue weighted by atomic mass is 35.5. The van der Waals surface area contributed by atoms with E-state index < -0.39 is 23.5 Å². The number of pyridine rings is 1. The summed E-state index contributed by atoms with van der Waals surface area (Å²) in [6.45, 7) is 0.103. The van der Waals surface area contributed by atoms with Crippen LogP contribution in [0.15, 0.2) is 6.20 Å². The van der Waals surface area contributed by atoms with Gasteiger partial charge >= 0.3 is 5.97 Å². The lowest BCUT2D eigenvalue weighted by Crippen LogP contribution is -2.25. The zero-order valence-corrected chi connectivity index (χ0v) is 9.55. The van der Waals surface area contributed by atoms with Gasteiger partial charge in [0, 0.05) is 12.1 Å². The lowest BCUT2D eigenvalue weighted by molar-refractivity contribution is -0.152. The number of nitrogens with one attached hydrogen (secondary N) is 1. The number of anilines is 1. The first-order valence-electron chi connectivity index (χ1n) is 4.76. The average molecular weight is 259 g/mol. The van der Waals surface area contributed by atoms with Gasteiger partial charge in [-0.3, -0.25) is 4.79 Å². The maximum absolute atomic E-state index is 13.6. The third-order valence-corrected chi connectivity index (χ3v) is 2.85. The third kappa shape index (κ3) is 1.84. The minimum absolute atomic E-state index is 0.0698. The Hall–Kier alpha value is -1.69. The van der Waals surface area contributed by atoms with Crippen LogP contribution in [0.2, 0.25) is 5.15 Å². The van der Waals surface area contributed by atoms with Gasteiger partial charge in [-0.2, -0.15) is 0 Å². The first-order chi connectivity index (χ1) is 8.06. The second-order valence-corrected chi connectivity index (χ2v) is 3.83. The van der Waals surface area contributed by atoms with Gasteiger partial charge < -0.3 is 10.1 Å². The van der Waals surface area contributed by atoms with Crippen LogP contribution in [0.3, 0.4) is 0 Å². The highest BCUT2D eigenvalue weighted by molar-refractivity contribution is 6.37. The van der Waals surface area contributed by atoms with Gasteiger partial charge in [0.1, 0.15) is 5.82 Å². The molecule has 0 fully saturated rings. The second-order valence-electron chi connectivity index (χ2n) is 3.47. The highest BCUT2D eigenvalue weighted by Crippen LogP contribution is 2.37. The van der Waals surface area contributed by atoms with E-state index in [1.165, 1.54) is 0 Å². The molecule has 0 aromatic carbocycles. The Morgan fingerprint density at radius 2 is 2.35 bits per heavy atom. The molecule has 1 aromatic rings. The molecule has 17 heavy (non-hydrogen) atoms. The lowest BCUT2D eigenvalue weighted by atomic mass is 9.97. The predicted octanol–water partition coefficient (Wildman–Crippen LogP) is 1.13. The van der Waals surface area contributed by atoms with Gasteiger partial charge in [-0.15, -0.1) is 0 Å². The molecular formula is C10H8ClFN2O3. The van der Waals surface area contributed by atoms with E-state index in [1.807, 2.05) is 0 Å². The van der Waals surface area contributed by atoms with Crippen LogP contribution < -0.4 is 5.32 Å². The number of carbonyl (C=O) groups excluding carboxylic acids is 2. The molecule has 1 atom stereocenters. The summed E-state index contributed by atoms with van der Waals surface area (Å²) in [5, 5.41) is 2.83. The minimum atomic E-state index is -1.00. The summed E-state index contributed by atoms with van der Waals surface area (Å²) in [6, 6.07) is 0. The molecule has 0 spiro atoms. The van der Waals surface area contributed by atoms with Crippen LogP contribution in [0, 0.1) is 5.82 Å². The van der Waals surface area contributed by atoms with Gasteiger partial charge in [0.15, 0.2) is 5.15 Å². The average Bonchev–Trinajstić information content (AvgIpc) is 2.77. The number of ketones is 1. The Balaban J connectivity index is 2.43. The predicted molar refractivity (Wildman–Crippen MR) is 57.5 cm³/mol. The molecule has 90 valence electrons. The molecule has 1 N–H and O–H groups in total. The van der Waals surface area contributed by atoms with Gasteiger partial charge in [-0.05, 0) is 0 Å². The number of aromatic nitrogens is 1. The van der Waals surface area contributed by atoms with Crippen molar-refractivity contribution in [2.45, 2.75) is 5.92 Å². The van der Waals surface area contributed by atoms with Crippen molar-refractivity contribution >= 4 is 29.0 Å². The van der Waals surface area contributed by atoms with Gasteiger partial charge in [-0.25, -0.2) is 14.2 Å². The van der Waals surface area contributed by atoms with Crippen LogP contribution in [0.5, 0.6) is 0 Å². The van der Waals surface area contributed by atoms with Crippen LogP contribution >= 0.6 is 11.6 Å². The SMILES string of the molecule is COC(=O)C(=O)C1CNc2c(Cl)ncc(F)c21. The molecular weight excluding hydrogens is 251 g/mol. The number of methoxy groups -OCH3 is 1. The summed E-state index contributed by atoms with van der Waals surface area (Å²) in [7, 11) is 1.10. The Kier molecular flexibility index (Phi) is 2.97. The molecule has 7 heteroatoms. The quantitative estimate of drug-likeness (QED) is 0.489. The molecule has 2 rings (SSSR count). The molecule has 5 nitrogen and oxygen atoms in total. The summed E-state index contributed by atoms with van der Waals surface area (Å²) in [6.07, 6.45) is 0.922. The smallest absolute Gasteiger partial charge is 0.375 e. The van der Waals surface area contributed by atoms with Crippen molar-refractivity contribution in [2.24, 2.45) is 0 Å². The molecule has 1 aliphatic heterocycles. The van der Waals surface area contributed by atoms with Crippen molar-refractivity contribution < 1.29 is 18.7 Å². The topological polar surface area (TPSA) is 68.3 Å². The maximum atomic E-state index is 13.6. The molecule has 0 aliphatic carbocycles. The van der Waals surface area contributed by atoms with Gasteiger partial charge in [-0.1, -0.05) is 11.6 Å². The van der Waals surface area contributed by atoms with Crippen LogP contribution in [0.1, 0.15) is 11.5 Å². The van der Waals surface area contributed by atoms with Crippen molar-refractivity contribution in [3.05, 3.63) is 22.7 Å². The monoisotopic (exact) mass is 258 g/mol. The molecule has 0 saturated carbocycles. The van der Waals surface area contributed by atoms with Crippen LogP contribution in [-0.4, -0.2) is 30.4 Å². The fourth-order valence-electron chi connectivity index (χ4n) is 1.76. The number of halogens is 2. The first-order valence-corrected chi connectivity index (χ1v) is 5.14. The summed E-state index contributed by atoms with van der Waals surface area (Å²) in [5.74, 6) is -3.40. The summed E-state index contributed by atoms with van der Waals surface area (Å²) < 4.78 is 17.9. The zero-order valence-electron chi connectivity index (χ0n) is 8.79. The van der Waals surface area contributed by atoms with E-state index in [-0.39, 0.29) is 22.9 Å². The molecule has 0 amide bonds. The first kappa shape index (κ1) is 11.8. The normalized spacial score (nSPS) is 17.2. The highest BCUT2D eigenvalue weighted by Gasteiger charge is 2.37. The number of esters is 1. The van der Waals surface area contributed by atoms with Crippen molar-refractivity contribution in [1.29, 1.82) is 0 Å². The van der Waals surface area contributed by atoms with E-state index in [4.69, 9.17) is 11.6 Å². The van der Waals surface area contributed by atoms with Gasteiger partial charge in [0.05, 0.1) is 24.9 Å². The summed E-state index contributed by atoms with van der Waals surface area (Å²) in [4.78, 5) is 26.4. The number of hydrogen-bond donors (Lipinski definition) is 1. The lowest BCUT2D eigenvalue weighted by Gasteiger charge is -2.08. The van der Waals surface area contributed by atoms with E-state index in [9.17, 15) is 14.0 Å². The van der Waals surface area contributed by atoms with E-state index >= 15 is 0 Å². The number of fused-ring (bicyclic) bond motifs is 1. The zero-order chi connectivity index (χ0) is 12.6. The molecule has 1 aliphatic rings. The van der Waals surface area contributed by atoms with E-state index in [0.29, 0.717) is 0 Å². The van der Waals surface area contributed by atoms with Crippen LogP contribution in [0.25, 0.3) is 0 Å². The fourth-order valence-corrected chi connectivity index (χ4v) is 1.98. The van der Waals surface area contributed by atoms with E-state index in [0.717, 1.165) is 13.3 Å². The maximum Gasteiger partial charge on any atom is 0.375 e. The van der Waals surface area contributed by atoms with Gasteiger partial charge in [0.25, 0.3) is 0 Å². The summed E-state index contributed by atoms with van der Waals surface area (Å²) in [5.41, 5.74) is 0.328. The van der Waals surface area contributed by atoms with Crippen molar-refractivity contribution in [3.8, 4) is 0 Å². The number of Topliss-reactive ketones (excluding diaryl/α,β-unsaturated/α-hetero) is 1. The Bertz CT molecular complexity index is 507. The minimum Gasteiger partial charge on any atom is -0.463 e. The number of hydrogen-bond acceptors (Lipinski definition) is 5.